The van der Waals surface area contributed by atoms with Crippen molar-refractivity contribution >= 4 is 50.0 Å². The van der Waals surface area contributed by atoms with Crippen molar-refractivity contribution in [1.82, 2.24) is 9.97 Å². The number of aromatic nitrogens is 2. The summed E-state index contributed by atoms with van der Waals surface area (Å²) >= 11 is 9.43. The van der Waals surface area contributed by atoms with Gasteiger partial charge in [0.2, 0.25) is 0 Å². The fourth-order valence-electron chi connectivity index (χ4n) is 1.98. The van der Waals surface area contributed by atoms with E-state index in [9.17, 15) is 4.79 Å². The van der Waals surface area contributed by atoms with Gasteiger partial charge in [-0.1, -0.05) is 11.6 Å². The van der Waals surface area contributed by atoms with Crippen molar-refractivity contribution in [3.05, 3.63) is 64.0 Å². The van der Waals surface area contributed by atoms with Crippen molar-refractivity contribution in [2.75, 3.05) is 5.32 Å². The molecule has 0 unspecified atom stereocenters. The largest absolute Gasteiger partial charge is 0.320 e. The zero-order valence-corrected chi connectivity index (χ0v) is 13.0. The van der Waals surface area contributed by atoms with Gasteiger partial charge in [0.05, 0.1) is 16.2 Å². The van der Waals surface area contributed by atoms with Gasteiger partial charge in [0, 0.05) is 22.3 Å². The number of pyridine rings is 2. The Balaban J connectivity index is 2.01. The van der Waals surface area contributed by atoms with E-state index in [2.05, 4.69) is 31.2 Å². The van der Waals surface area contributed by atoms with E-state index in [1.807, 2.05) is 6.07 Å². The molecule has 21 heavy (non-hydrogen) atoms. The summed E-state index contributed by atoms with van der Waals surface area (Å²) in [7, 11) is 0. The minimum atomic E-state index is -0.296. The number of nitrogens with one attached hydrogen (secondary N) is 1. The molecule has 2 aromatic heterocycles. The lowest BCUT2D eigenvalue weighted by Gasteiger charge is -2.09. The Hall–Kier alpha value is -1.98. The number of hydrogen-bond donors (Lipinski definition) is 1. The third-order valence-corrected chi connectivity index (χ3v) is 3.89. The topological polar surface area (TPSA) is 54.9 Å². The molecule has 0 aliphatic heterocycles. The van der Waals surface area contributed by atoms with Crippen molar-refractivity contribution in [2.24, 2.45) is 0 Å². The number of anilines is 1. The van der Waals surface area contributed by atoms with E-state index in [-0.39, 0.29) is 5.91 Å². The fourth-order valence-corrected chi connectivity index (χ4v) is 2.63. The van der Waals surface area contributed by atoms with E-state index in [1.54, 1.807) is 42.7 Å². The van der Waals surface area contributed by atoms with E-state index < -0.39 is 0 Å². The van der Waals surface area contributed by atoms with Crippen LogP contribution >= 0.6 is 27.5 Å². The Morgan fingerprint density at radius 2 is 1.86 bits per heavy atom. The molecule has 2 heterocycles. The number of rotatable bonds is 2. The van der Waals surface area contributed by atoms with Crippen LogP contribution in [-0.4, -0.2) is 15.9 Å². The molecule has 0 radical (unpaired) electrons. The van der Waals surface area contributed by atoms with Gasteiger partial charge >= 0.3 is 0 Å². The molecular weight excluding hydrogens is 354 g/mol. The molecule has 0 atom stereocenters. The van der Waals surface area contributed by atoms with Crippen molar-refractivity contribution in [1.29, 1.82) is 0 Å². The molecule has 0 bridgehead atoms. The zero-order valence-electron chi connectivity index (χ0n) is 10.7. The monoisotopic (exact) mass is 361 g/mol. The van der Waals surface area contributed by atoms with Crippen molar-refractivity contribution in [3.63, 3.8) is 0 Å². The molecule has 4 nitrogen and oxygen atoms in total. The van der Waals surface area contributed by atoms with E-state index in [0.717, 1.165) is 5.39 Å². The predicted octanol–water partition coefficient (Wildman–Crippen LogP) is 4.30. The highest BCUT2D eigenvalue weighted by Gasteiger charge is 2.13. The number of fused-ring (bicyclic) bond motifs is 1. The lowest BCUT2D eigenvalue weighted by molar-refractivity contribution is 0.102. The van der Waals surface area contributed by atoms with Gasteiger partial charge < -0.3 is 5.32 Å². The van der Waals surface area contributed by atoms with Crippen LogP contribution in [0.3, 0.4) is 0 Å². The Bertz CT molecular complexity index is 838. The molecule has 1 aromatic carbocycles. The lowest BCUT2D eigenvalue weighted by Crippen LogP contribution is -2.14. The van der Waals surface area contributed by atoms with Gasteiger partial charge in [-0.25, -0.2) is 4.98 Å². The molecule has 0 saturated heterocycles. The van der Waals surface area contributed by atoms with Gasteiger partial charge in [-0.15, -0.1) is 0 Å². The first-order chi connectivity index (χ1) is 10.2. The van der Waals surface area contributed by atoms with Crippen LogP contribution in [0.1, 0.15) is 10.5 Å². The summed E-state index contributed by atoms with van der Waals surface area (Å²) in [6.45, 7) is 0. The number of hydrogen-bond acceptors (Lipinski definition) is 3. The second-order valence-corrected chi connectivity index (χ2v) is 5.54. The molecule has 0 spiro atoms. The van der Waals surface area contributed by atoms with E-state index in [1.165, 1.54) is 0 Å². The molecule has 1 N–H and O–H groups in total. The summed E-state index contributed by atoms with van der Waals surface area (Å²) in [6.07, 6.45) is 3.23. The maximum atomic E-state index is 12.3. The van der Waals surface area contributed by atoms with Crippen molar-refractivity contribution in [2.45, 2.75) is 0 Å². The molecule has 3 aromatic rings. The molecule has 6 heteroatoms. The molecule has 0 aliphatic rings. The maximum Gasteiger partial charge on any atom is 0.275 e. The van der Waals surface area contributed by atoms with Crippen LogP contribution in [-0.2, 0) is 0 Å². The smallest absolute Gasteiger partial charge is 0.275 e. The first kappa shape index (κ1) is 14.0. The lowest BCUT2D eigenvalue weighted by atomic mass is 10.1. The van der Waals surface area contributed by atoms with E-state index >= 15 is 0 Å². The Morgan fingerprint density at radius 1 is 1.10 bits per heavy atom. The van der Waals surface area contributed by atoms with Gasteiger partial charge in [0.25, 0.3) is 5.91 Å². The molecule has 1 amide bonds. The van der Waals surface area contributed by atoms with E-state index in [0.29, 0.717) is 26.4 Å². The van der Waals surface area contributed by atoms with Crippen LogP contribution in [0, 0.1) is 0 Å². The Kier molecular flexibility index (Phi) is 3.86. The Labute approximate surface area is 134 Å². The summed E-state index contributed by atoms with van der Waals surface area (Å²) in [5.74, 6) is -0.296. The second kappa shape index (κ2) is 5.79. The second-order valence-electron chi connectivity index (χ2n) is 4.28. The number of carbonyl (C=O) groups is 1. The summed E-state index contributed by atoms with van der Waals surface area (Å²) < 4.78 is 0.638. The van der Waals surface area contributed by atoms with Gasteiger partial charge in [-0.05, 0) is 52.3 Å². The highest BCUT2D eigenvalue weighted by atomic mass is 79.9. The number of nitrogens with zero attached hydrogens (tertiary/aromatic N) is 2. The standard InChI is InChI=1S/C15H9BrClN3O/c16-10-4-2-8-19-14(10)15(21)20-12-6-5-11(17)13-9(12)3-1-7-18-13/h1-8H,(H,20,21). The van der Waals surface area contributed by atoms with Gasteiger partial charge in [0.15, 0.2) is 0 Å². The molecule has 104 valence electrons. The average Bonchev–Trinajstić information content (AvgIpc) is 2.51. The van der Waals surface area contributed by atoms with Crippen LogP contribution in [0.25, 0.3) is 10.9 Å². The first-order valence-electron chi connectivity index (χ1n) is 6.12. The summed E-state index contributed by atoms with van der Waals surface area (Å²) in [6, 6.07) is 10.6. The predicted molar refractivity (Wildman–Crippen MR) is 86.6 cm³/mol. The fraction of sp³-hybridized carbons (Fsp3) is 0. The number of halogens is 2. The summed E-state index contributed by atoms with van der Waals surface area (Å²) in [4.78, 5) is 20.6. The zero-order chi connectivity index (χ0) is 14.8. The first-order valence-corrected chi connectivity index (χ1v) is 7.29. The average molecular weight is 363 g/mol. The van der Waals surface area contributed by atoms with Gasteiger partial charge in [0.1, 0.15) is 5.69 Å². The van der Waals surface area contributed by atoms with E-state index in [4.69, 9.17) is 11.6 Å². The number of carbonyl (C=O) groups excluding carboxylic acids is 1. The molecule has 0 saturated carbocycles. The van der Waals surface area contributed by atoms with Crippen LogP contribution in [0.5, 0.6) is 0 Å². The minimum Gasteiger partial charge on any atom is -0.320 e. The highest BCUT2D eigenvalue weighted by molar-refractivity contribution is 9.10. The molecule has 3 rings (SSSR count). The van der Waals surface area contributed by atoms with Crippen LogP contribution < -0.4 is 5.32 Å². The summed E-state index contributed by atoms with van der Waals surface area (Å²) in [5.41, 5.74) is 1.62. The SMILES string of the molecule is O=C(Nc1ccc(Cl)c2ncccc12)c1ncccc1Br. The maximum absolute atomic E-state index is 12.3. The van der Waals surface area contributed by atoms with Crippen molar-refractivity contribution in [3.8, 4) is 0 Å². The van der Waals surface area contributed by atoms with Gasteiger partial charge in [-0.3, -0.25) is 9.78 Å². The summed E-state index contributed by atoms with van der Waals surface area (Å²) in [5, 5.41) is 4.17. The van der Waals surface area contributed by atoms with Crippen LogP contribution in [0.4, 0.5) is 5.69 Å². The third kappa shape index (κ3) is 2.75. The molecular formula is C15H9BrClN3O. The quantitative estimate of drug-likeness (QED) is 0.739. The van der Waals surface area contributed by atoms with Crippen molar-refractivity contribution < 1.29 is 4.79 Å². The number of amides is 1. The molecule has 0 fully saturated rings. The number of benzene rings is 1. The van der Waals surface area contributed by atoms with Crippen LogP contribution in [0.2, 0.25) is 5.02 Å². The Morgan fingerprint density at radius 3 is 2.67 bits per heavy atom. The minimum absolute atomic E-state index is 0.296. The van der Waals surface area contributed by atoms with Gasteiger partial charge in [-0.2, -0.15) is 0 Å². The van der Waals surface area contributed by atoms with Crippen LogP contribution in [0.15, 0.2) is 53.3 Å². The third-order valence-electron chi connectivity index (χ3n) is 2.94. The highest BCUT2D eigenvalue weighted by Crippen LogP contribution is 2.28. The normalized spacial score (nSPS) is 10.6. The molecule has 0 aliphatic carbocycles.